The number of halogens is 1. The molecule has 2 aromatic carbocycles. The molecule has 1 atom stereocenters. The first-order valence-corrected chi connectivity index (χ1v) is 12.1. The molecule has 0 aliphatic carbocycles. The molecule has 1 fully saturated rings. The molecule has 2 heterocycles. The van der Waals surface area contributed by atoms with Gasteiger partial charge in [-0.25, -0.2) is 12.8 Å². The maximum absolute atomic E-state index is 14.6. The van der Waals surface area contributed by atoms with Gasteiger partial charge in [0.25, 0.3) is 0 Å². The van der Waals surface area contributed by atoms with Crippen LogP contribution < -0.4 is 14.4 Å². The molecule has 0 saturated carbocycles. The van der Waals surface area contributed by atoms with Crippen molar-refractivity contribution in [1.82, 2.24) is 4.72 Å². The van der Waals surface area contributed by atoms with Crippen LogP contribution in [0.15, 0.2) is 45.7 Å². The van der Waals surface area contributed by atoms with E-state index in [-0.39, 0.29) is 39.9 Å². The Morgan fingerprint density at radius 2 is 1.97 bits per heavy atom. The van der Waals surface area contributed by atoms with E-state index in [0.29, 0.717) is 5.69 Å². The van der Waals surface area contributed by atoms with Gasteiger partial charge in [-0.05, 0) is 49.1 Å². The highest BCUT2D eigenvalue weighted by Crippen LogP contribution is 2.33. The second kappa shape index (κ2) is 8.73. The average molecular weight is 463 g/mol. The Balaban J connectivity index is 1.64. The van der Waals surface area contributed by atoms with E-state index in [1.165, 1.54) is 18.2 Å². The van der Waals surface area contributed by atoms with Crippen molar-refractivity contribution in [3.05, 3.63) is 53.5 Å². The molecule has 0 bridgehead atoms. The summed E-state index contributed by atoms with van der Waals surface area (Å²) in [6, 6.07) is 9.37. The Hall–Kier alpha value is -2.62. The predicted molar refractivity (Wildman–Crippen MR) is 120 cm³/mol. The van der Waals surface area contributed by atoms with Gasteiger partial charge in [-0.2, -0.15) is 4.72 Å². The molecule has 1 saturated heterocycles. The maximum Gasteiger partial charge on any atom is 0.246 e. The second-order valence-corrected chi connectivity index (χ2v) is 9.83. The largest absolute Gasteiger partial charge is 0.492 e. The summed E-state index contributed by atoms with van der Waals surface area (Å²) in [5, 5.41) is 10.8. The molecular formula is C23H27FN2O5S. The average Bonchev–Trinajstić information content (AvgIpc) is 3.12. The molecule has 1 unspecified atom stereocenters. The van der Waals surface area contributed by atoms with Crippen LogP contribution in [-0.2, 0) is 10.0 Å². The summed E-state index contributed by atoms with van der Waals surface area (Å²) < 4.78 is 54.1. The lowest BCUT2D eigenvalue weighted by Gasteiger charge is -2.33. The topological polar surface area (TPSA) is 92.0 Å². The number of nitrogens with one attached hydrogen (secondary N) is 1. The summed E-state index contributed by atoms with van der Waals surface area (Å²) in [7, 11) is -4.17. The molecule has 9 heteroatoms. The number of ether oxygens (including phenoxy) is 1. The number of anilines is 1. The molecule has 0 amide bonds. The Kier molecular flexibility index (Phi) is 6.15. The van der Waals surface area contributed by atoms with Crippen LogP contribution in [0.25, 0.3) is 11.0 Å². The number of sulfonamides is 1. The summed E-state index contributed by atoms with van der Waals surface area (Å²) in [5.74, 6) is -0.297. The lowest BCUT2D eigenvalue weighted by molar-refractivity contribution is 0.141. The molecule has 4 rings (SSSR count). The third kappa shape index (κ3) is 4.32. The number of benzene rings is 2. The van der Waals surface area contributed by atoms with Gasteiger partial charge in [-0.1, -0.05) is 19.9 Å². The molecule has 172 valence electrons. The van der Waals surface area contributed by atoms with Gasteiger partial charge in [0.05, 0.1) is 12.0 Å². The van der Waals surface area contributed by atoms with E-state index < -0.39 is 22.1 Å². The van der Waals surface area contributed by atoms with Gasteiger partial charge in [0.15, 0.2) is 6.23 Å². The number of hydrogen-bond acceptors (Lipinski definition) is 6. The van der Waals surface area contributed by atoms with E-state index >= 15 is 0 Å². The molecule has 1 aliphatic heterocycles. The van der Waals surface area contributed by atoms with Gasteiger partial charge >= 0.3 is 0 Å². The normalized spacial score (nSPS) is 15.2. The second-order valence-electron chi connectivity index (χ2n) is 8.15. The minimum atomic E-state index is -4.17. The molecule has 7 nitrogen and oxygen atoms in total. The number of rotatable bonds is 8. The monoisotopic (exact) mass is 462 g/mol. The third-order valence-electron chi connectivity index (χ3n) is 5.57. The SMILES string of the molecule is CCOc1ccc(C(C)C)cc1S(=O)(=O)NC(O)c1cc2c(F)cc(N3CCC3)cc2o1. The summed E-state index contributed by atoms with van der Waals surface area (Å²) in [4.78, 5) is 1.94. The van der Waals surface area contributed by atoms with Gasteiger partial charge < -0.3 is 19.2 Å². The molecular weight excluding hydrogens is 435 g/mol. The van der Waals surface area contributed by atoms with Gasteiger partial charge in [0.2, 0.25) is 10.0 Å². The van der Waals surface area contributed by atoms with Crippen LogP contribution in [0.4, 0.5) is 10.1 Å². The zero-order valence-corrected chi connectivity index (χ0v) is 19.1. The fourth-order valence-electron chi connectivity index (χ4n) is 3.63. The molecule has 3 aromatic rings. The fraction of sp³-hybridized carbons (Fsp3) is 0.391. The smallest absolute Gasteiger partial charge is 0.246 e. The highest BCUT2D eigenvalue weighted by Gasteiger charge is 2.27. The van der Waals surface area contributed by atoms with E-state index in [2.05, 4.69) is 4.72 Å². The minimum absolute atomic E-state index is 0.0769. The molecule has 0 spiro atoms. The summed E-state index contributed by atoms with van der Waals surface area (Å²) >= 11 is 0. The number of nitrogens with zero attached hydrogens (tertiary/aromatic N) is 1. The van der Waals surface area contributed by atoms with E-state index in [0.717, 1.165) is 25.1 Å². The lowest BCUT2D eigenvalue weighted by atomic mass is 10.0. The first-order valence-electron chi connectivity index (χ1n) is 10.6. The van der Waals surface area contributed by atoms with Crippen molar-refractivity contribution in [3.63, 3.8) is 0 Å². The summed E-state index contributed by atoms with van der Waals surface area (Å²) in [6.07, 6.45) is -0.651. The molecule has 32 heavy (non-hydrogen) atoms. The standard InChI is InChI=1S/C23H27FN2O5S/c1-4-30-19-7-6-15(14(2)3)10-22(19)32(28,29)25-23(27)21-13-17-18(24)11-16(12-20(17)31-21)26-8-5-9-26/h6-7,10-14,23,25,27H,4-5,8-9H2,1-3H3. The van der Waals surface area contributed by atoms with E-state index in [1.54, 1.807) is 19.1 Å². The fourth-order valence-corrected chi connectivity index (χ4v) is 4.85. The lowest BCUT2D eigenvalue weighted by Crippen LogP contribution is -2.36. The Morgan fingerprint density at radius 3 is 2.59 bits per heavy atom. The summed E-state index contributed by atoms with van der Waals surface area (Å²) in [5.41, 5.74) is 1.76. The van der Waals surface area contributed by atoms with Crippen LogP contribution in [0.3, 0.4) is 0 Å². The van der Waals surface area contributed by atoms with Crippen molar-refractivity contribution >= 4 is 26.7 Å². The van der Waals surface area contributed by atoms with Crippen LogP contribution >= 0.6 is 0 Å². The van der Waals surface area contributed by atoms with Crippen molar-refractivity contribution in [1.29, 1.82) is 0 Å². The minimum Gasteiger partial charge on any atom is -0.492 e. The Morgan fingerprint density at radius 1 is 1.22 bits per heavy atom. The molecule has 0 radical (unpaired) electrons. The number of hydrogen-bond donors (Lipinski definition) is 2. The third-order valence-corrected chi connectivity index (χ3v) is 7.00. The molecule has 1 aliphatic rings. The Bertz CT molecular complexity index is 1230. The predicted octanol–water partition coefficient (Wildman–Crippen LogP) is 4.27. The van der Waals surface area contributed by atoms with E-state index in [4.69, 9.17) is 9.15 Å². The van der Waals surface area contributed by atoms with Crippen LogP contribution in [0.5, 0.6) is 5.75 Å². The van der Waals surface area contributed by atoms with Crippen molar-refractivity contribution in [2.75, 3.05) is 24.6 Å². The van der Waals surface area contributed by atoms with Gasteiger partial charge in [-0.15, -0.1) is 0 Å². The van der Waals surface area contributed by atoms with Crippen LogP contribution in [0.1, 0.15) is 50.7 Å². The van der Waals surface area contributed by atoms with Crippen molar-refractivity contribution in [2.45, 2.75) is 44.2 Å². The van der Waals surface area contributed by atoms with Crippen LogP contribution in [0, 0.1) is 5.82 Å². The highest BCUT2D eigenvalue weighted by molar-refractivity contribution is 7.89. The number of aliphatic hydroxyl groups is 1. The number of aliphatic hydroxyl groups excluding tert-OH is 1. The maximum atomic E-state index is 14.6. The highest BCUT2D eigenvalue weighted by atomic mass is 32.2. The van der Waals surface area contributed by atoms with Crippen LogP contribution in [0.2, 0.25) is 0 Å². The zero-order chi connectivity index (χ0) is 23.0. The number of furan rings is 1. The van der Waals surface area contributed by atoms with Crippen molar-refractivity contribution in [3.8, 4) is 5.75 Å². The van der Waals surface area contributed by atoms with Gasteiger partial charge in [-0.3, -0.25) is 0 Å². The Labute approximate surface area is 186 Å². The summed E-state index contributed by atoms with van der Waals surface area (Å²) in [6.45, 7) is 7.63. The van der Waals surface area contributed by atoms with E-state index in [1.807, 2.05) is 24.8 Å². The van der Waals surface area contributed by atoms with Gasteiger partial charge in [0, 0.05) is 24.8 Å². The first kappa shape index (κ1) is 22.6. The first-order chi connectivity index (χ1) is 15.2. The van der Waals surface area contributed by atoms with Crippen LogP contribution in [-0.4, -0.2) is 33.2 Å². The number of fused-ring (bicyclic) bond motifs is 1. The van der Waals surface area contributed by atoms with Crippen molar-refractivity contribution in [2.24, 2.45) is 0 Å². The molecule has 1 aromatic heterocycles. The zero-order valence-electron chi connectivity index (χ0n) is 18.3. The molecule has 2 N–H and O–H groups in total. The van der Waals surface area contributed by atoms with Crippen molar-refractivity contribution < 1.29 is 27.1 Å². The quantitative estimate of drug-likeness (QED) is 0.486. The van der Waals surface area contributed by atoms with E-state index in [9.17, 15) is 17.9 Å². The van der Waals surface area contributed by atoms with Gasteiger partial charge in [0.1, 0.15) is 27.8 Å².